The summed E-state index contributed by atoms with van der Waals surface area (Å²) >= 11 is 0. The molecule has 0 N–H and O–H groups in total. The van der Waals surface area contributed by atoms with Crippen LogP contribution in [0.1, 0.15) is 53.7 Å². The van der Waals surface area contributed by atoms with Gasteiger partial charge in [0.1, 0.15) is 5.75 Å². The summed E-state index contributed by atoms with van der Waals surface area (Å²) in [6, 6.07) is 7.41. The van der Waals surface area contributed by atoms with Crippen molar-refractivity contribution in [3.8, 4) is 5.75 Å². The average Bonchev–Trinajstić information content (AvgIpc) is 3.41. The molecule has 0 unspecified atom stereocenters. The van der Waals surface area contributed by atoms with Crippen LogP contribution in [0.3, 0.4) is 0 Å². The van der Waals surface area contributed by atoms with Crippen LogP contribution in [0.15, 0.2) is 28.7 Å². The molecule has 25 heavy (non-hydrogen) atoms. The van der Waals surface area contributed by atoms with Crippen LogP contribution < -0.4 is 4.74 Å². The molecule has 4 rings (SSSR count). The van der Waals surface area contributed by atoms with E-state index >= 15 is 0 Å². The quantitative estimate of drug-likeness (QED) is 0.752. The number of benzene rings is 1. The normalized spacial score (nSPS) is 21.2. The van der Waals surface area contributed by atoms with Gasteiger partial charge in [0.25, 0.3) is 0 Å². The molecule has 1 saturated carbocycles. The molecular weight excluding hydrogens is 318 g/mol. The Balaban J connectivity index is 1.40. The smallest absolute Gasteiger partial charge is 0.230 e. The second kappa shape index (κ2) is 6.96. The number of hydrogen-bond acceptors (Lipinski definition) is 6. The van der Waals surface area contributed by atoms with Crippen molar-refractivity contribution in [2.24, 2.45) is 5.92 Å². The van der Waals surface area contributed by atoms with E-state index in [0.29, 0.717) is 18.4 Å². The Morgan fingerprint density at radius 3 is 3.00 bits per heavy atom. The lowest BCUT2D eigenvalue weighted by Crippen LogP contribution is -2.38. The van der Waals surface area contributed by atoms with Gasteiger partial charge in [-0.3, -0.25) is 9.69 Å². The molecule has 1 atom stereocenters. The molecule has 2 aromatic rings. The Hall–Kier alpha value is -2.21. The molecule has 2 heterocycles. The first-order valence-electron chi connectivity index (χ1n) is 8.96. The van der Waals surface area contributed by atoms with Crippen molar-refractivity contribution in [3.05, 3.63) is 41.6 Å². The van der Waals surface area contributed by atoms with Crippen LogP contribution in [0.25, 0.3) is 0 Å². The molecule has 0 amide bonds. The predicted octanol–water partition coefficient (Wildman–Crippen LogP) is 3.05. The number of nitrogens with zero attached hydrogens (tertiary/aromatic N) is 3. The van der Waals surface area contributed by atoms with E-state index in [9.17, 15) is 4.79 Å². The van der Waals surface area contributed by atoms with Gasteiger partial charge >= 0.3 is 0 Å². The minimum absolute atomic E-state index is 0.00619. The molecule has 0 bridgehead atoms. The van der Waals surface area contributed by atoms with Crippen molar-refractivity contribution in [2.45, 2.75) is 38.1 Å². The van der Waals surface area contributed by atoms with Crippen LogP contribution in [0, 0.1) is 5.92 Å². The number of carbonyl (C=O) groups is 1. The molecule has 132 valence electrons. The van der Waals surface area contributed by atoms with Crippen LogP contribution in [-0.4, -0.2) is 41.1 Å². The van der Waals surface area contributed by atoms with E-state index in [2.05, 4.69) is 15.1 Å². The summed E-state index contributed by atoms with van der Waals surface area (Å²) in [6.45, 7) is 2.32. The van der Waals surface area contributed by atoms with Crippen LogP contribution >= 0.6 is 0 Å². The molecule has 1 saturated heterocycles. The number of hydrogen-bond donors (Lipinski definition) is 0. The fraction of sp³-hybridized carbons (Fsp3) is 0.526. The van der Waals surface area contributed by atoms with Gasteiger partial charge in [-0.15, -0.1) is 10.2 Å². The van der Waals surface area contributed by atoms with Gasteiger partial charge in [0, 0.05) is 23.9 Å². The third-order valence-corrected chi connectivity index (χ3v) is 5.00. The number of carbonyl (C=O) groups excluding carboxylic acids is 1. The molecule has 6 heteroatoms. The first-order valence-corrected chi connectivity index (χ1v) is 8.96. The van der Waals surface area contributed by atoms with Gasteiger partial charge in [-0.2, -0.15) is 0 Å². The lowest BCUT2D eigenvalue weighted by Gasteiger charge is -2.30. The minimum Gasteiger partial charge on any atom is -0.497 e. The fourth-order valence-electron chi connectivity index (χ4n) is 3.44. The number of ketones is 1. The van der Waals surface area contributed by atoms with Crippen molar-refractivity contribution < 1.29 is 13.9 Å². The standard InChI is InChI=1S/C19H23N3O3/c1-24-16-6-2-4-14(10-16)18(23)15-5-3-9-22(11-15)12-17-20-21-19(25-17)13-7-8-13/h2,4,6,10,13,15H,3,5,7-9,11-12H2,1H3/t15-/m1/s1. The molecule has 1 aromatic carbocycles. The lowest BCUT2D eigenvalue weighted by atomic mass is 9.90. The number of likely N-dealkylation sites (tertiary alicyclic amines) is 1. The third kappa shape index (κ3) is 3.74. The Bertz CT molecular complexity index is 754. The zero-order chi connectivity index (χ0) is 17.2. The molecule has 0 radical (unpaired) electrons. The van der Waals surface area contributed by atoms with Gasteiger partial charge in [0.2, 0.25) is 11.8 Å². The number of piperidine rings is 1. The third-order valence-electron chi connectivity index (χ3n) is 5.00. The Labute approximate surface area is 147 Å². The Kier molecular flexibility index (Phi) is 4.53. The highest BCUT2D eigenvalue weighted by atomic mass is 16.5. The second-order valence-electron chi connectivity index (χ2n) is 6.98. The predicted molar refractivity (Wildman–Crippen MR) is 91.6 cm³/mol. The van der Waals surface area contributed by atoms with Gasteiger partial charge in [-0.25, -0.2) is 0 Å². The lowest BCUT2D eigenvalue weighted by molar-refractivity contribution is 0.0799. The maximum atomic E-state index is 12.8. The zero-order valence-corrected chi connectivity index (χ0v) is 14.5. The molecule has 0 spiro atoms. The van der Waals surface area contributed by atoms with Crippen LogP contribution in [0.2, 0.25) is 0 Å². The van der Waals surface area contributed by atoms with Gasteiger partial charge < -0.3 is 9.15 Å². The van der Waals surface area contributed by atoms with Crippen molar-refractivity contribution >= 4 is 5.78 Å². The SMILES string of the molecule is COc1cccc(C(=O)[C@@H]2CCCN(Cc3nnc(C4CC4)o3)C2)c1. The van der Waals surface area contributed by atoms with Crippen molar-refractivity contribution in [1.82, 2.24) is 15.1 Å². The monoisotopic (exact) mass is 341 g/mol. The minimum atomic E-state index is 0.00619. The first kappa shape index (κ1) is 16.3. The largest absolute Gasteiger partial charge is 0.497 e. The fourth-order valence-corrected chi connectivity index (χ4v) is 3.44. The Morgan fingerprint density at radius 2 is 2.20 bits per heavy atom. The zero-order valence-electron chi connectivity index (χ0n) is 14.5. The van der Waals surface area contributed by atoms with Gasteiger partial charge in [0.15, 0.2) is 5.78 Å². The second-order valence-corrected chi connectivity index (χ2v) is 6.98. The highest BCUT2D eigenvalue weighted by molar-refractivity contribution is 5.98. The maximum absolute atomic E-state index is 12.8. The molecular formula is C19H23N3O3. The van der Waals surface area contributed by atoms with E-state index in [1.165, 1.54) is 0 Å². The summed E-state index contributed by atoms with van der Waals surface area (Å²) in [5.74, 6) is 2.83. The van der Waals surface area contributed by atoms with E-state index in [1.807, 2.05) is 24.3 Å². The number of rotatable bonds is 6. The molecule has 1 aliphatic carbocycles. The van der Waals surface area contributed by atoms with E-state index in [1.54, 1.807) is 7.11 Å². The summed E-state index contributed by atoms with van der Waals surface area (Å²) in [4.78, 5) is 15.1. The van der Waals surface area contributed by atoms with Gasteiger partial charge in [-0.1, -0.05) is 12.1 Å². The molecule has 6 nitrogen and oxygen atoms in total. The summed E-state index contributed by atoms with van der Waals surface area (Å²) in [6.07, 6.45) is 4.23. The first-order chi connectivity index (χ1) is 12.2. The average molecular weight is 341 g/mol. The van der Waals surface area contributed by atoms with E-state index in [4.69, 9.17) is 9.15 Å². The topological polar surface area (TPSA) is 68.5 Å². The van der Waals surface area contributed by atoms with E-state index in [-0.39, 0.29) is 11.7 Å². The van der Waals surface area contributed by atoms with Crippen molar-refractivity contribution in [3.63, 3.8) is 0 Å². The highest BCUT2D eigenvalue weighted by Gasteiger charge is 2.31. The van der Waals surface area contributed by atoms with E-state index in [0.717, 1.165) is 56.0 Å². The van der Waals surface area contributed by atoms with Crippen LogP contribution in [0.5, 0.6) is 5.75 Å². The number of methoxy groups -OCH3 is 1. The van der Waals surface area contributed by atoms with Crippen molar-refractivity contribution in [1.29, 1.82) is 0 Å². The molecule has 1 aromatic heterocycles. The molecule has 1 aliphatic heterocycles. The van der Waals surface area contributed by atoms with E-state index < -0.39 is 0 Å². The summed E-state index contributed by atoms with van der Waals surface area (Å²) in [5, 5.41) is 8.30. The van der Waals surface area contributed by atoms with Gasteiger partial charge in [-0.05, 0) is 44.4 Å². The summed E-state index contributed by atoms with van der Waals surface area (Å²) < 4.78 is 11.0. The van der Waals surface area contributed by atoms with Crippen LogP contribution in [-0.2, 0) is 6.54 Å². The number of ether oxygens (including phenoxy) is 1. The van der Waals surface area contributed by atoms with Crippen LogP contribution in [0.4, 0.5) is 0 Å². The maximum Gasteiger partial charge on any atom is 0.230 e. The number of Topliss-reactive ketones (excluding diaryl/α,β-unsaturated/α-hetero) is 1. The van der Waals surface area contributed by atoms with Crippen molar-refractivity contribution in [2.75, 3.05) is 20.2 Å². The highest BCUT2D eigenvalue weighted by Crippen LogP contribution is 2.39. The molecule has 2 aliphatic rings. The van der Waals surface area contributed by atoms with Gasteiger partial charge in [0.05, 0.1) is 13.7 Å². The number of aromatic nitrogens is 2. The summed E-state index contributed by atoms with van der Waals surface area (Å²) in [7, 11) is 1.62. The Morgan fingerprint density at radius 1 is 1.32 bits per heavy atom. The summed E-state index contributed by atoms with van der Waals surface area (Å²) in [5.41, 5.74) is 0.722. The molecule has 2 fully saturated rings.